The van der Waals surface area contributed by atoms with Crippen molar-refractivity contribution in [1.82, 2.24) is 5.43 Å². The summed E-state index contributed by atoms with van der Waals surface area (Å²) < 4.78 is 6.01. The molecule has 0 aliphatic heterocycles. The number of amides is 2. The van der Waals surface area contributed by atoms with E-state index >= 15 is 0 Å². The predicted molar refractivity (Wildman–Crippen MR) is 107 cm³/mol. The number of aryl methyl sites for hydroxylation is 1. The van der Waals surface area contributed by atoms with E-state index in [0.717, 1.165) is 5.76 Å². The van der Waals surface area contributed by atoms with Crippen LogP contribution in [0.25, 0.3) is 0 Å². The van der Waals surface area contributed by atoms with E-state index < -0.39 is 5.91 Å². The van der Waals surface area contributed by atoms with E-state index in [1.54, 1.807) is 54.6 Å². The molecule has 3 aromatic rings. The molecule has 2 N–H and O–H groups in total. The maximum absolute atomic E-state index is 12.5. The highest BCUT2D eigenvalue weighted by molar-refractivity contribution is 9.10. The average Bonchev–Trinajstić information content (AvgIpc) is 3.07. The van der Waals surface area contributed by atoms with E-state index in [1.165, 1.54) is 6.21 Å². The summed E-state index contributed by atoms with van der Waals surface area (Å²) >= 11 is 3.35. The van der Waals surface area contributed by atoms with Crippen molar-refractivity contribution in [1.29, 1.82) is 0 Å². The van der Waals surface area contributed by atoms with Crippen LogP contribution in [0.5, 0.6) is 0 Å². The molecule has 0 atom stereocenters. The summed E-state index contributed by atoms with van der Waals surface area (Å²) in [6.07, 6.45) is 1.41. The number of rotatable bonds is 5. The molecule has 3 rings (SSSR count). The molecule has 27 heavy (non-hydrogen) atoms. The molecular weight excluding hydrogens is 410 g/mol. The minimum atomic E-state index is -0.447. The Kier molecular flexibility index (Phi) is 5.83. The minimum absolute atomic E-state index is 0.297. The van der Waals surface area contributed by atoms with Crippen LogP contribution in [0.4, 0.5) is 5.69 Å². The van der Waals surface area contributed by atoms with Crippen LogP contribution < -0.4 is 10.7 Å². The maximum Gasteiger partial charge on any atom is 0.273 e. The molecule has 6 nitrogen and oxygen atoms in total. The summed E-state index contributed by atoms with van der Waals surface area (Å²) in [5.41, 5.74) is 3.59. The van der Waals surface area contributed by atoms with Crippen molar-refractivity contribution < 1.29 is 14.0 Å². The van der Waals surface area contributed by atoms with E-state index in [4.69, 9.17) is 4.42 Å². The maximum atomic E-state index is 12.5. The van der Waals surface area contributed by atoms with Crippen LogP contribution in [0.1, 0.15) is 32.2 Å². The third kappa shape index (κ3) is 4.71. The largest absolute Gasteiger partial charge is 0.460 e. The van der Waals surface area contributed by atoms with Crippen LogP contribution in [-0.4, -0.2) is 18.0 Å². The Balaban J connectivity index is 1.73. The van der Waals surface area contributed by atoms with E-state index in [0.29, 0.717) is 27.0 Å². The third-order valence-electron chi connectivity index (χ3n) is 3.66. The molecule has 0 aliphatic carbocycles. The van der Waals surface area contributed by atoms with Crippen molar-refractivity contribution in [3.8, 4) is 0 Å². The summed E-state index contributed by atoms with van der Waals surface area (Å²) in [4.78, 5) is 24.9. The number of hydrazone groups is 1. The number of benzene rings is 2. The highest BCUT2D eigenvalue weighted by atomic mass is 79.9. The second-order valence-electron chi connectivity index (χ2n) is 5.63. The van der Waals surface area contributed by atoms with Gasteiger partial charge in [0.1, 0.15) is 11.5 Å². The lowest BCUT2D eigenvalue weighted by Crippen LogP contribution is -2.21. The van der Waals surface area contributed by atoms with Crippen molar-refractivity contribution in [2.45, 2.75) is 6.92 Å². The fourth-order valence-corrected chi connectivity index (χ4v) is 2.83. The lowest BCUT2D eigenvalue weighted by Gasteiger charge is -2.10. The fraction of sp³-hybridized carbons (Fsp3) is 0.0500. The molecular formula is C20H16BrN3O3. The van der Waals surface area contributed by atoms with Gasteiger partial charge < -0.3 is 9.73 Å². The van der Waals surface area contributed by atoms with Crippen LogP contribution in [0, 0.1) is 6.92 Å². The lowest BCUT2D eigenvalue weighted by molar-refractivity contribution is 0.0956. The van der Waals surface area contributed by atoms with Gasteiger partial charge in [0.05, 0.1) is 23.0 Å². The average molecular weight is 426 g/mol. The van der Waals surface area contributed by atoms with Crippen molar-refractivity contribution in [3.63, 3.8) is 0 Å². The van der Waals surface area contributed by atoms with Crippen LogP contribution in [-0.2, 0) is 0 Å². The molecule has 0 fully saturated rings. The van der Waals surface area contributed by atoms with E-state index in [9.17, 15) is 9.59 Å². The third-order valence-corrected chi connectivity index (χ3v) is 4.35. The number of halogens is 1. The first-order valence-corrected chi connectivity index (χ1v) is 8.88. The van der Waals surface area contributed by atoms with Crippen molar-refractivity contribution in [2.24, 2.45) is 5.10 Å². The van der Waals surface area contributed by atoms with Crippen molar-refractivity contribution >= 4 is 39.6 Å². The number of hydrogen-bond donors (Lipinski definition) is 2. The van der Waals surface area contributed by atoms with Crippen LogP contribution in [0.2, 0.25) is 0 Å². The summed E-state index contributed by atoms with van der Waals surface area (Å²) in [5.74, 6) is 0.515. The smallest absolute Gasteiger partial charge is 0.273 e. The van der Waals surface area contributed by atoms with Gasteiger partial charge in [-0.3, -0.25) is 9.59 Å². The zero-order chi connectivity index (χ0) is 19.2. The standard InChI is InChI=1S/C20H16BrN3O3/c1-13-10-11-14(27-13)12-22-24-20(26)16-7-3-5-9-18(16)23-19(25)15-6-2-4-8-17(15)21/h2-12H,1H3,(H,23,25)(H,24,26)/b22-12+. The zero-order valence-electron chi connectivity index (χ0n) is 14.4. The Morgan fingerprint density at radius 3 is 2.37 bits per heavy atom. The van der Waals surface area contributed by atoms with Gasteiger partial charge in [0.15, 0.2) is 0 Å². The Hall–Kier alpha value is -3.19. The van der Waals surface area contributed by atoms with Crippen molar-refractivity contribution in [2.75, 3.05) is 5.32 Å². The summed E-state index contributed by atoms with van der Waals surface area (Å²) in [7, 11) is 0. The normalized spacial score (nSPS) is 10.7. The molecule has 2 amide bonds. The molecule has 0 spiro atoms. The number of nitrogens with zero attached hydrogens (tertiary/aromatic N) is 1. The molecule has 0 unspecified atom stereocenters. The van der Waals surface area contributed by atoms with Crippen LogP contribution in [0.3, 0.4) is 0 Å². The number of hydrogen-bond acceptors (Lipinski definition) is 4. The Bertz CT molecular complexity index is 1010. The summed E-state index contributed by atoms with van der Waals surface area (Å²) in [5, 5.41) is 6.65. The van der Waals surface area contributed by atoms with E-state index in [-0.39, 0.29) is 5.91 Å². The predicted octanol–water partition coefficient (Wildman–Crippen LogP) is 4.37. The topological polar surface area (TPSA) is 83.7 Å². The highest BCUT2D eigenvalue weighted by Gasteiger charge is 2.15. The number of anilines is 1. The van der Waals surface area contributed by atoms with Gasteiger partial charge in [-0.05, 0) is 59.3 Å². The van der Waals surface area contributed by atoms with Gasteiger partial charge in [-0.15, -0.1) is 0 Å². The zero-order valence-corrected chi connectivity index (χ0v) is 16.0. The van der Waals surface area contributed by atoms with Crippen LogP contribution >= 0.6 is 15.9 Å². The first-order valence-electron chi connectivity index (χ1n) is 8.09. The SMILES string of the molecule is Cc1ccc(/C=N/NC(=O)c2ccccc2NC(=O)c2ccccc2Br)o1. The summed E-state index contributed by atoms with van der Waals surface area (Å²) in [6, 6.07) is 17.3. The Morgan fingerprint density at radius 2 is 1.67 bits per heavy atom. The molecule has 2 aromatic carbocycles. The van der Waals surface area contributed by atoms with Gasteiger partial charge in [0.2, 0.25) is 0 Å². The molecule has 0 saturated carbocycles. The van der Waals surface area contributed by atoms with Gasteiger partial charge in [-0.1, -0.05) is 24.3 Å². The molecule has 1 aromatic heterocycles. The molecule has 0 radical (unpaired) electrons. The quantitative estimate of drug-likeness (QED) is 0.470. The van der Waals surface area contributed by atoms with Gasteiger partial charge in [-0.2, -0.15) is 5.10 Å². The molecule has 0 bridgehead atoms. The Morgan fingerprint density at radius 1 is 0.963 bits per heavy atom. The molecule has 0 aliphatic rings. The van der Waals surface area contributed by atoms with Crippen LogP contribution in [0.15, 0.2) is 74.7 Å². The van der Waals surface area contributed by atoms with E-state index in [2.05, 4.69) is 31.8 Å². The van der Waals surface area contributed by atoms with Gasteiger partial charge in [-0.25, -0.2) is 5.43 Å². The molecule has 0 saturated heterocycles. The highest BCUT2D eigenvalue weighted by Crippen LogP contribution is 2.20. The van der Waals surface area contributed by atoms with Gasteiger partial charge >= 0.3 is 0 Å². The second kappa shape index (κ2) is 8.46. The lowest BCUT2D eigenvalue weighted by atomic mass is 10.1. The van der Waals surface area contributed by atoms with Gasteiger partial charge in [0.25, 0.3) is 11.8 Å². The van der Waals surface area contributed by atoms with Gasteiger partial charge in [0, 0.05) is 4.47 Å². The number of carbonyl (C=O) groups excluding carboxylic acids is 2. The van der Waals surface area contributed by atoms with Crippen molar-refractivity contribution in [3.05, 3.63) is 87.8 Å². The first-order chi connectivity index (χ1) is 13.0. The Labute approximate surface area is 164 Å². The monoisotopic (exact) mass is 425 g/mol. The van der Waals surface area contributed by atoms with E-state index in [1.807, 2.05) is 13.0 Å². The molecule has 1 heterocycles. The molecule has 7 heteroatoms. The molecule has 136 valence electrons. The number of para-hydroxylation sites is 1. The number of furan rings is 1. The minimum Gasteiger partial charge on any atom is -0.460 e. The number of nitrogens with one attached hydrogen (secondary N) is 2. The summed E-state index contributed by atoms with van der Waals surface area (Å²) in [6.45, 7) is 1.82. The first kappa shape index (κ1) is 18.6. The second-order valence-corrected chi connectivity index (χ2v) is 6.48. The fourth-order valence-electron chi connectivity index (χ4n) is 2.36. The number of carbonyl (C=O) groups is 2.